The van der Waals surface area contributed by atoms with E-state index in [0.29, 0.717) is 17.1 Å². The van der Waals surface area contributed by atoms with Crippen molar-refractivity contribution in [2.45, 2.75) is 4.21 Å². The van der Waals surface area contributed by atoms with Crippen LogP contribution in [0, 0.1) is 0 Å². The number of nitrogens with zero attached hydrogens (tertiary/aromatic N) is 4. The molecule has 0 aliphatic carbocycles. The first-order chi connectivity index (χ1) is 10.6. The molecule has 0 amide bonds. The molecule has 8 nitrogen and oxygen atoms in total. The summed E-state index contributed by atoms with van der Waals surface area (Å²) in [6, 6.07) is 8.07. The SMILES string of the molecule is COc1ccc(NS(=O)(=O)c2cccs2)cc1-n1cnnn1. The Hall–Kier alpha value is -2.46. The fraction of sp³-hybridized carbons (Fsp3) is 0.0833. The number of benzene rings is 1. The number of hydrogen-bond donors (Lipinski definition) is 1. The first-order valence-electron chi connectivity index (χ1n) is 6.08. The lowest BCUT2D eigenvalue weighted by Crippen LogP contribution is -2.12. The second kappa shape index (κ2) is 5.73. The van der Waals surface area contributed by atoms with E-state index in [1.807, 2.05) is 0 Å². The van der Waals surface area contributed by atoms with Crippen LogP contribution in [-0.4, -0.2) is 35.7 Å². The first-order valence-corrected chi connectivity index (χ1v) is 8.44. The molecule has 0 fully saturated rings. The van der Waals surface area contributed by atoms with Gasteiger partial charge in [-0.15, -0.1) is 16.4 Å². The van der Waals surface area contributed by atoms with Crippen LogP contribution in [0.1, 0.15) is 0 Å². The molecule has 1 N–H and O–H groups in total. The van der Waals surface area contributed by atoms with Crippen LogP contribution >= 0.6 is 11.3 Å². The van der Waals surface area contributed by atoms with Crippen LogP contribution in [0.4, 0.5) is 5.69 Å². The minimum absolute atomic E-state index is 0.243. The number of thiophene rings is 1. The number of anilines is 1. The van der Waals surface area contributed by atoms with Crippen LogP contribution in [-0.2, 0) is 10.0 Å². The highest BCUT2D eigenvalue weighted by Crippen LogP contribution is 2.27. The van der Waals surface area contributed by atoms with Gasteiger partial charge in [0.1, 0.15) is 22.0 Å². The van der Waals surface area contributed by atoms with Gasteiger partial charge >= 0.3 is 0 Å². The second-order valence-electron chi connectivity index (χ2n) is 4.18. The van der Waals surface area contributed by atoms with Gasteiger partial charge in [-0.05, 0) is 40.1 Å². The molecule has 0 aliphatic rings. The molecule has 0 saturated heterocycles. The van der Waals surface area contributed by atoms with Gasteiger partial charge in [0.15, 0.2) is 0 Å². The maximum Gasteiger partial charge on any atom is 0.271 e. The average molecular weight is 337 g/mol. The molecule has 3 rings (SSSR count). The predicted molar refractivity (Wildman–Crippen MR) is 80.8 cm³/mol. The Morgan fingerprint density at radius 1 is 1.32 bits per heavy atom. The summed E-state index contributed by atoms with van der Waals surface area (Å²) < 4.78 is 33.9. The third-order valence-electron chi connectivity index (χ3n) is 2.79. The number of ether oxygens (including phenoxy) is 1. The van der Waals surface area contributed by atoms with Crippen molar-refractivity contribution in [2.75, 3.05) is 11.8 Å². The molecule has 22 heavy (non-hydrogen) atoms. The molecule has 1 aromatic carbocycles. The van der Waals surface area contributed by atoms with Crippen molar-refractivity contribution in [3.63, 3.8) is 0 Å². The van der Waals surface area contributed by atoms with E-state index in [1.54, 1.807) is 35.7 Å². The van der Waals surface area contributed by atoms with Crippen molar-refractivity contribution in [2.24, 2.45) is 0 Å². The summed E-state index contributed by atoms with van der Waals surface area (Å²) in [6.45, 7) is 0. The van der Waals surface area contributed by atoms with Gasteiger partial charge in [0.25, 0.3) is 10.0 Å². The van der Waals surface area contributed by atoms with Crippen LogP contribution in [0.25, 0.3) is 5.69 Å². The Bertz CT molecular complexity index is 860. The minimum Gasteiger partial charge on any atom is -0.494 e. The molecular weight excluding hydrogens is 326 g/mol. The number of sulfonamides is 1. The smallest absolute Gasteiger partial charge is 0.271 e. The zero-order valence-corrected chi connectivity index (χ0v) is 13.0. The number of nitrogens with one attached hydrogen (secondary N) is 1. The van der Waals surface area contributed by atoms with Gasteiger partial charge in [-0.3, -0.25) is 4.72 Å². The third-order valence-corrected chi connectivity index (χ3v) is 5.57. The molecule has 0 radical (unpaired) electrons. The summed E-state index contributed by atoms with van der Waals surface area (Å²) in [4.78, 5) is 0. The van der Waals surface area contributed by atoms with E-state index in [2.05, 4.69) is 20.2 Å². The van der Waals surface area contributed by atoms with E-state index in [0.717, 1.165) is 11.3 Å². The van der Waals surface area contributed by atoms with Crippen LogP contribution in [0.2, 0.25) is 0 Å². The Morgan fingerprint density at radius 3 is 2.82 bits per heavy atom. The van der Waals surface area contributed by atoms with Gasteiger partial charge in [-0.2, -0.15) is 4.68 Å². The predicted octanol–water partition coefficient (Wildman–Crippen LogP) is 1.53. The second-order valence-corrected chi connectivity index (χ2v) is 7.04. The molecule has 0 aliphatic heterocycles. The maximum atomic E-state index is 12.2. The molecular formula is C12H11N5O3S2. The molecule has 114 valence electrons. The lowest BCUT2D eigenvalue weighted by atomic mass is 10.2. The largest absolute Gasteiger partial charge is 0.494 e. The zero-order valence-electron chi connectivity index (χ0n) is 11.4. The van der Waals surface area contributed by atoms with Crippen LogP contribution < -0.4 is 9.46 Å². The van der Waals surface area contributed by atoms with Crippen LogP contribution in [0.3, 0.4) is 0 Å². The van der Waals surface area contributed by atoms with Gasteiger partial charge < -0.3 is 4.74 Å². The quantitative estimate of drug-likeness (QED) is 0.758. The summed E-state index contributed by atoms with van der Waals surface area (Å²) in [5.41, 5.74) is 0.915. The summed E-state index contributed by atoms with van der Waals surface area (Å²) >= 11 is 1.15. The lowest BCUT2D eigenvalue weighted by molar-refractivity contribution is 0.411. The molecule has 0 unspecified atom stereocenters. The standard InChI is InChI=1S/C12H11N5O3S2/c1-20-11-5-4-9(7-10(11)17-8-13-15-16-17)14-22(18,19)12-3-2-6-21-12/h2-8,14H,1H3. The molecule has 0 bridgehead atoms. The molecule has 10 heteroatoms. The van der Waals surface area contributed by atoms with Gasteiger partial charge in [0, 0.05) is 0 Å². The van der Waals surface area contributed by atoms with Crippen molar-refractivity contribution < 1.29 is 13.2 Å². The van der Waals surface area contributed by atoms with Gasteiger partial charge in [-0.1, -0.05) is 6.07 Å². The van der Waals surface area contributed by atoms with E-state index in [-0.39, 0.29) is 4.21 Å². The van der Waals surface area contributed by atoms with Gasteiger partial charge in [0.2, 0.25) is 0 Å². The highest BCUT2D eigenvalue weighted by atomic mass is 32.2. The highest BCUT2D eigenvalue weighted by Gasteiger charge is 2.16. The Balaban J connectivity index is 1.98. The third kappa shape index (κ3) is 2.78. The van der Waals surface area contributed by atoms with E-state index in [1.165, 1.54) is 18.1 Å². The number of tetrazole rings is 1. The fourth-order valence-corrected chi connectivity index (χ4v) is 3.87. The summed E-state index contributed by atoms with van der Waals surface area (Å²) in [5.74, 6) is 0.520. The minimum atomic E-state index is -3.61. The van der Waals surface area contributed by atoms with Crippen LogP contribution in [0.5, 0.6) is 5.75 Å². The highest BCUT2D eigenvalue weighted by molar-refractivity contribution is 7.94. The van der Waals surface area contributed by atoms with Crippen molar-refractivity contribution in [1.29, 1.82) is 0 Å². The number of hydrogen-bond acceptors (Lipinski definition) is 7. The Morgan fingerprint density at radius 2 is 2.18 bits per heavy atom. The van der Waals surface area contributed by atoms with Crippen molar-refractivity contribution in [3.8, 4) is 11.4 Å². The van der Waals surface area contributed by atoms with Crippen LogP contribution in [0.15, 0.2) is 46.2 Å². The maximum absolute atomic E-state index is 12.2. The van der Waals surface area contributed by atoms with Crippen molar-refractivity contribution in [3.05, 3.63) is 42.0 Å². The van der Waals surface area contributed by atoms with Gasteiger partial charge in [0.05, 0.1) is 12.8 Å². The number of methoxy groups -OCH3 is 1. The normalized spacial score (nSPS) is 11.3. The van der Waals surface area contributed by atoms with Crippen molar-refractivity contribution >= 4 is 27.0 Å². The average Bonchev–Trinajstić information content (AvgIpc) is 3.20. The number of rotatable bonds is 5. The Kier molecular flexibility index (Phi) is 3.77. The topological polar surface area (TPSA) is 99.0 Å². The van der Waals surface area contributed by atoms with E-state index >= 15 is 0 Å². The van der Waals surface area contributed by atoms with Crippen molar-refractivity contribution in [1.82, 2.24) is 20.2 Å². The number of aromatic nitrogens is 4. The summed E-state index contributed by atoms with van der Waals surface area (Å²) in [6.07, 6.45) is 1.40. The monoisotopic (exact) mass is 337 g/mol. The van der Waals surface area contributed by atoms with E-state index in [4.69, 9.17) is 4.74 Å². The molecule has 0 spiro atoms. The van der Waals surface area contributed by atoms with E-state index in [9.17, 15) is 8.42 Å². The molecule has 3 aromatic rings. The summed E-state index contributed by atoms with van der Waals surface area (Å²) in [7, 11) is -2.10. The molecule has 2 aromatic heterocycles. The zero-order chi connectivity index (χ0) is 15.6. The molecule has 0 atom stereocenters. The summed E-state index contributed by atoms with van der Waals surface area (Å²) in [5, 5.41) is 12.6. The van der Waals surface area contributed by atoms with Gasteiger partial charge in [-0.25, -0.2) is 8.42 Å². The van der Waals surface area contributed by atoms with E-state index < -0.39 is 10.0 Å². The fourth-order valence-electron chi connectivity index (χ4n) is 1.83. The molecule has 0 saturated carbocycles. The molecule has 2 heterocycles. The Labute approximate surface area is 130 Å². The first kappa shape index (κ1) is 14.5. The lowest BCUT2D eigenvalue weighted by Gasteiger charge is -2.11.